The van der Waals surface area contributed by atoms with Crippen molar-refractivity contribution in [2.45, 2.75) is 26.4 Å². The summed E-state index contributed by atoms with van der Waals surface area (Å²) in [5, 5.41) is 13.4. The maximum Gasteiger partial charge on any atom is 0.269 e. The highest BCUT2D eigenvalue weighted by Crippen LogP contribution is 2.27. The molecule has 0 aromatic heterocycles. The Kier molecular flexibility index (Phi) is 5.21. The third-order valence-corrected chi connectivity index (χ3v) is 4.62. The maximum absolute atomic E-state index is 12.8. The molecule has 1 atom stereocenters. The number of nitrogens with one attached hydrogen (secondary N) is 1. The highest BCUT2D eigenvalue weighted by atomic mass is 16.6. The van der Waals surface area contributed by atoms with Gasteiger partial charge in [-0.3, -0.25) is 29.4 Å². The van der Waals surface area contributed by atoms with Gasteiger partial charge in [-0.1, -0.05) is 38.1 Å². The normalized spacial score (nSPS) is 14.2. The zero-order chi connectivity index (χ0) is 20.4. The average molecular weight is 381 g/mol. The van der Waals surface area contributed by atoms with E-state index in [1.165, 1.54) is 12.1 Å². The van der Waals surface area contributed by atoms with Gasteiger partial charge in [0, 0.05) is 18.7 Å². The second-order valence-electron chi connectivity index (χ2n) is 6.86. The lowest BCUT2D eigenvalue weighted by molar-refractivity contribution is -0.384. The van der Waals surface area contributed by atoms with Crippen molar-refractivity contribution in [2.24, 2.45) is 5.92 Å². The van der Waals surface area contributed by atoms with E-state index in [4.69, 9.17) is 0 Å². The van der Waals surface area contributed by atoms with Crippen LogP contribution in [0.1, 0.15) is 40.1 Å². The van der Waals surface area contributed by atoms with Crippen LogP contribution in [0.3, 0.4) is 0 Å². The number of imide groups is 1. The molecule has 0 saturated carbocycles. The number of fused-ring (bicyclic) bond motifs is 1. The first-order chi connectivity index (χ1) is 13.3. The van der Waals surface area contributed by atoms with Gasteiger partial charge in [-0.05, 0) is 23.6 Å². The van der Waals surface area contributed by atoms with Crippen LogP contribution in [0.25, 0.3) is 0 Å². The van der Waals surface area contributed by atoms with Crippen LogP contribution in [-0.4, -0.2) is 33.6 Å². The molecule has 3 rings (SSSR count). The highest BCUT2D eigenvalue weighted by Gasteiger charge is 2.43. The zero-order valence-electron chi connectivity index (χ0n) is 15.4. The van der Waals surface area contributed by atoms with Crippen LogP contribution >= 0.6 is 0 Å². The summed E-state index contributed by atoms with van der Waals surface area (Å²) in [5.74, 6) is -1.71. The number of amides is 3. The van der Waals surface area contributed by atoms with Gasteiger partial charge in [0.1, 0.15) is 6.04 Å². The van der Waals surface area contributed by atoms with Crippen molar-refractivity contribution in [1.29, 1.82) is 0 Å². The molecule has 0 radical (unpaired) electrons. The molecule has 1 heterocycles. The van der Waals surface area contributed by atoms with Gasteiger partial charge < -0.3 is 5.32 Å². The monoisotopic (exact) mass is 381 g/mol. The predicted octanol–water partition coefficient (Wildman–Crippen LogP) is 2.53. The Balaban J connectivity index is 1.76. The van der Waals surface area contributed by atoms with Crippen molar-refractivity contribution in [3.8, 4) is 0 Å². The first-order valence-electron chi connectivity index (χ1n) is 8.79. The Morgan fingerprint density at radius 3 is 2.04 bits per heavy atom. The van der Waals surface area contributed by atoms with E-state index in [9.17, 15) is 24.5 Å². The molecule has 8 heteroatoms. The largest absolute Gasteiger partial charge is 0.350 e. The summed E-state index contributed by atoms with van der Waals surface area (Å²) in [7, 11) is 0. The van der Waals surface area contributed by atoms with Crippen molar-refractivity contribution < 1.29 is 19.3 Å². The Morgan fingerprint density at radius 1 is 1.04 bits per heavy atom. The van der Waals surface area contributed by atoms with E-state index in [1.54, 1.807) is 50.2 Å². The predicted molar refractivity (Wildman–Crippen MR) is 101 cm³/mol. The molecule has 1 aliphatic heterocycles. The first-order valence-corrected chi connectivity index (χ1v) is 8.79. The second kappa shape index (κ2) is 7.59. The summed E-state index contributed by atoms with van der Waals surface area (Å²) >= 11 is 0. The number of non-ortho nitro benzene ring substituents is 1. The van der Waals surface area contributed by atoms with E-state index >= 15 is 0 Å². The molecular formula is C20H19N3O5. The molecular weight excluding hydrogens is 362 g/mol. The van der Waals surface area contributed by atoms with E-state index in [2.05, 4.69) is 5.32 Å². The number of nitro groups is 1. The summed E-state index contributed by atoms with van der Waals surface area (Å²) in [5.41, 5.74) is 1.22. The van der Waals surface area contributed by atoms with Crippen molar-refractivity contribution in [1.82, 2.24) is 10.2 Å². The van der Waals surface area contributed by atoms with Gasteiger partial charge in [-0.25, -0.2) is 0 Å². The van der Waals surface area contributed by atoms with Crippen LogP contribution < -0.4 is 5.32 Å². The number of benzene rings is 2. The van der Waals surface area contributed by atoms with E-state index in [-0.39, 0.29) is 18.2 Å². The minimum Gasteiger partial charge on any atom is -0.350 e. The van der Waals surface area contributed by atoms with Crippen LogP contribution in [0.5, 0.6) is 0 Å². The van der Waals surface area contributed by atoms with Crippen molar-refractivity contribution in [3.05, 3.63) is 75.3 Å². The number of hydrogen-bond acceptors (Lipinski definition) is 5. The quantitative estimate of drug-likeness (QED) is 0.470. The topological polar surface area (TPSA) is 110 Å². The number of hydrogen-bond donors (Lipinski definition) is 1. The molecule has 0 spiro atoms. The molecule has 1 N–H and O–H groups in total. The molecule has 3 amide bonds. The molecule has 28 heavy (non-hydrogen) atoms. The van der Waals surface area contributed by atoms with Crippen LogP contribution in [0, 0.1) is 16.0 Å². The standard InChI is InChI=1S/C20H19N3O5/c1-12(2)17(22-19(25)15-5-3-4-6-16(15)20(22)26)18(24)21-11-13-7-9-14(10-8-13)23(27)28/h3-10,12,17H,11H2,1-2H3,(H,21,24). The lowest BCUT2D eigenvalue weighted by Gasteiger charge is -2.28. The summed E-state index contributed by atoms with van der Waals surface area (Å²) < 4.78 is 0. The van der Waals surface area contributed by atoms with Gasteiger partial charge in [-0.15, -0.1) is 0 Å². The molecule has 2 aromatic rings. The third kappa shape index (κ3) is 3.48. The van der Waals surface area contributed by atoms with Gasteiger partial charge in [-0.2, -0.15) is 0 Å². The first kappa shape index (κ1) is 19.2. The zero-order valence-corrected chi connectivity index (χ0v) is 15.4. The Bertz CT molecular complexity index is 918. The Morgan fingerprint density at radius 2 is 1.57 bits per heavy atom. The number of nitrogens with zero attached hydrogens (tertiary/aromatic N) is 2. The lowest BCUT2D eigenvalue weighted by Crippen LogP contribution is -2.52. The molecule has 144 valence electrons. The summed E-state index contributed by atoms with van der Waals surface area (Å²) in [6, 6.07) is 11.3. The average Bonchev–Trinajstić information content (AvgIpc) is 2.92. The van der Waals surface area contributed by atoms with Crippen molar-refractivity contribution in [3.63, 3.8) is 0 Å². The number of carbonyl (C=O) groups excluding carboxylic acids is 3. The SMILES string of the molecule is CC(C)C(C(=O)NCc1ccc([N+](=O)[O-])cc1)N1C(=O)c2ccccc2C1=O. The van der Waals surface area contributed by atoms with Crippen LogP contribution in [0.4, 0.5) is 5.69 Å². The fourth-order valence-electron chi connectivity index (χ4n) is 3.21. The second-order valence-corrected chi connectivity index (χ2v) is 6.86. The number of nitro benzene ring substituents is 1. The minimum atomic E-state index is -0.953. The van der Waals surface area contributed by atoms with E-state index in [1.807, 2.05) is 0 Å². The molecule has 2 aromatic carbocycles. The molecule has 0 aliphatic carbocycles. The summed E-state index contributed by atoms with van der Waals surface area (Å²) in [6.07, 6.45) is 0. The molecule has 1 aliphatic rings. The summed E-state index contributed by atoms with van der Waals surface area (Å²) in [6.45, 7) is 3.66. The van der Waals surface area contributed by atoms with Gasteiger partial charge in [0.25, 0.3) is 17.5 Å². The smallest absolute Gasteiger partial charge is 0.269 e. The molecule has 0 saturated heterocycles. The minimum absolute atomic E-state index is 0.0406. The van der Waals surface area contributed by atoms with E-state index in [0.29, 0.717) is 16.7 Å². The number of carbonyl (C=O) groups is 3. The van der Waals surface area contributed by atoms with Crippen LogP contribution in [0.15, 0.2) is 48.5 Å². The lowest BCUT2D eigenvalue weighted by atomic mass is 10.0. The molecule has 0 fully saturated rings. The van der Waals surface area contributed by atoms with Gasteiger partial charge in [0.05, 0.1) is 16.1 Å². The highest BCUT2D eigenvalue weighted by molar-refractivity contribution is 6.22. The van der Waals surface area contributed by atoms with Crippen LogP contribution in [-0.2, 0) is 11.3 Å². The molecule has 0 bridgehead atoms. The molecule has 1 unspecified atom stereocenters. The summed E-state index contributed by atoms with van der Waals surface area (Å²) in [4.78, 5) is 49.4. The van der Waals surface area contributed by atoms with Gasteiger partial charge >= 0.3 is 0 Å². The van der Waals surface area contributed by atoms with Gasteiger partial charge in [0.2, 0.25) is 5.91 Å². The van der Waals surface area contributed by atoms with Gasteiger partial charge in [0.15, 0.2) is 0 Å². The Labute approximate surface area is 161 Å². The molecule has 8 nitrogen and oxygen atoms in total. The van der Waals surface area contributed by atoms with Crippen LogP contribution in [0.2, 0.25) is 0 Å². The van der Waals surface area contributed by atoms with Crippen molar-refractivity contribution >= 4 is 23.4 Å². The third-order valence-electron chi connectivity index (χ3n) is 4.62. The number of rotatable bonds is 6. The maximum atomic E-state index is 12.8. The van der Waals surface area contributed by atoms with E-state index < -0.39 is 28.7 Å². The van der Waals surface area contributed by atoms with E-state index in [0.717, 1.165) is 4.90 Å². The Hall–Kier alpha value is -3.55. The fraction of sp³-hybridized carbons (Fsp3) is 0.250. The fourth-order valence-corrected chi connectivity index (χ4v) is 3.21. The van der Waals surface area contributed by atoms with Crippen molar-refractivity contribution in [2.75, 3.05) is 0 Å².